The number of benzene rings is 5. The van der Waals surface area contributed by atoms with E-state index in [9.17, 15) is 23.9 Å². The van der Waals surface area contributed by atoms with Gasteiger partial charge in [-0.1, -0.05) is 60.7 Å². The van der Waals surface area contributed by atoms with Crippen molar-refractivity contribution in [2.45, 2.75) is 13.0 Å². The Morgan fingerprint density at radius 3 is 2.19 bits per heavy atom. The zero-order valence-electron chi connectivity index (χ0n) is 22.4. The summed E-state index contributed by atoms with van der Waals surface area (Å²) >= 11 is 1.40. The van der Waals surface area contributed by atoms with Gasteiger partial charge >= 0.3 is 5.97 Å². The molecule has 0 aliphatic carbocycles. The number of rotatable bonds is 7. The number of ketones is 1. The topological polar surface area (TPSA) is 83.5 Å². The first kappa shape index (κ1) is 27.1. The first-order valence-corrected chi connectivity index (χ1v) is 14.2. The number of carbonyl (C=O) groups is 3. The number of aromatic carboxylic acids is 1. The summed E-state index contributed by atoms with van der Waals surface area (Å²) in [5, 5.41) is 16.0. The van der Waals surface area contributed by atoms with Crippen molar-refractivity contribution in [3.8, 4) is 11.1 Å². The molecule has 6 aromatic rings. The fourth-order valence-corrected chi connectivity index (χ4v) is 6.10. The van der Waals surface area contributed by atoms with Crippen molar-refractivity contribution in [3.05, 3.63) is 142 Å². The summed E-state index contributed by atoms with van der Waals surface area (Å²) in [6.45, 7) is 1.82. The molecule has 5 aromatic carbocycles. The maximum Gasteiger partial charge on any atom is 0.335 e. The van der Waals surface area contributed by atoms with Crippen LogP contribution in [0.1, 0.15) is 55.2 Å². The number of nitrogens with one attached hydrogen (secondary N) is 1. The monoisotopic (exact) mass is 573 g/mol. The minimum absolute atomic E-state index is 0.162. The van der Waals surface area contributed by atoms with Crippen LogP contribution in [0.5, 0.6) is 0 Å². The van der Waals surface area contributed by atoms with Crippen LogP contribution >= 0.6 is 11.3 Å². The molecule has 0 aliphatic heterocycles. The summed E-state index contributed by atoms with van der Waals surface area (Å²) in [5.41, 5.74) is 3.92. The number of halogens is 1. The molecule has 1 aromatic heterocycles. The Bertz CT molecular complexity index is 2000. The van der Waals surface area contributed by atoms with Crippen LogP contribution in [0.2, 0.25) is 0 Å². The Labute approximate surface area is 244 Å². The van der Waals surface area contributed by atoms with Gasteiger partial charge in [0.2, 0.25) is 0 Å². The number of carbonyl (C=O) groups excluding carboxylic acids is 2. The predicted octanol–water partition coefficient (Wildman–Crippen LogP) is 8.28. The van der Waals surface area contributed by atoms with Crippen LogP contribution in [0.3, 0.4) is 0 Å². The molecule has 6 rings (SSSR count). The van der Waals surface area contributed by atoms with E-state index in [1.54, 1.807) is 47.8 Å². The van der Waals surface area contributed by atoms with E-state index in [1.165, 1.54) is 35.6 Å². The molecule has 1 amide bonds. The van der Waals surface area contributed by atoms with Crippen molar-refractivity contribution in [1.82, 2.24) is 5.32 Å². The lowest BCUT2D eigenvalue weighted by molar-refractivity contribution is 0.0696. The van der Waals surface area contributed by atoms with Crippen LogP contribution in [0, 0.1) is 5.82 Å². The Hall–Kier alpha value is -5.14. The largest absolute Gasteiger partial charge is 0.478 e. The molecule has 0 saturated heterocycles. The molecule has 5 nitrogen and oxygen atoms in total. The number of amides is 1. The highest BCUT2D eigenvalue weighted by Gasteiger charge is 2.23. The number of hydrogen-bond acceptors (Lipinski definition) is 4. The maximum atomic E-state index is 13.9. The van der Waals surface area contributed by atoms with E-state index in [1.807, 2.05) is 43.3 Å². The molecular weight excluding hydrogens is 549 g/mol. The molecule has 7 heteroatoms. The average molecular weight is 574 g/mol. The van der Waals surface area contributed by atoms with Crippen LogP contribution in [0.15, 0.2) is 109 Å². The zero-order valence-corrected chi connectivity index (χ0v) is 23.2. The van der Waals surface area contributed by atoms with Gasteiger partial charge in [0.05, 0.1) is 11.6 Å². The third-order valence-corrected chi connectivity index (χ3v) is 8.27. The molecule has 42 heavy (non-hydrogen) atoms. The van der Waals surface area contributed by atoms with E-state index in [0.717, 1.165) is 26.8 Å². The van der Waals surface area contributed by atoms with Crippen molar-refractivity contribution < 1.29 is 23.9 Å². The SMILES string of the molecule is C[C@H](NC(=O)c1cc(-c2ccccc2)cc2scc(C(=O)c3ccc4cc(F)ccc4c3)c12)c1ccc(C(=O)O)cc1. The average Bonchev–Trinajstić information content (AvgIpc) is 3.44. The van der Waals surface area contributed by atoms with E-state index in [2.05, 4.69) is 5.32 Å². The molecule has 0 spiro atoms. The van der Waals surface area contributed by atoms with Gasteiger partial charge in [0.25, 0.3) is 5.91 Å². The molecular formula is C35H24FNO4S. The number of carboxylic acids is 1. The second-order valence-electron chi connectivity index (χ2n) is 10.1. The van der Waals surface area contributed by atoms with Crippen molar-refractivity contribution >= 4 is 49.9 Å². The standard InChI is InChI=1S/C35H24FNO4S/c1-20(21-7-9-23(10-8-21)35(40)41)37-34(39)29-17-27(22-5-3-2-4-6-22)18-31-32(29)30(19-42-31)33(38)26-12-11-25-16-28(36)14-13-24(25)15-26/h2-20H,1H3,(H,37,39)(H,40,41)/t20-/m0/s1. The molecule has 0 unspecified atom stereocenters. The Morgan fingerprint density at radius 2 is 1.45 bits per heavy atom. The first-order chi connectivity index (χ1) is 20.3. The highest BCUT2D eigenvalue weighted by Crippen LogP contribution is 2.36. The Kier molecular flexibility index (Phi) is 7.10. The lowest BCUT2D eigenvalue weighted by Crippen LogP contribution is -2.27. The highest BCUT2D eigenvalue weighted by atomic mass is 32.1. The molecule has 1 atom stereocenters. The molecule has 0 bridgehead atoms. The number of thiophene rings is 1. The van der Waals surface area contributed by atoms with Crippen LogP contribution in [0.25, 0.3) is 32.0 Å². The normalized spacial score (nSPS) is 11.9. The predicted molar refractivity (Wildman–Crippen MR) is 164 cm³/mol. The van der Waals surface area contributed by atoms with Gasteiger partial charge < -0.3 is 10.4 Å². The van der Waals surface area contributed by atoms with Gasteiger partial charge in [-0.25, -0.2) is 9.18 Å². The van der Waals surface area contributed by atoms with E-state index in [4.69, 9.17) is 0 Å². The number of carboxylic acid groups (broad SMARTS) is 1. The van der Waals surface area contributed by atoms with Crippen LogP contribution in [-0.2, 0) is 0 Å². The first-order valence-electron chi connectivity index (χ1n) is 13.3. The quantitative estimate of drug-likeness (QED) is 0.188. The van der Waals surface area contributed by atoms with Crippen LogP contribution in [0.4, 0.5) is 4.39 Å². The lowest BCUT2D eigenvalue weighted by atomic mass is 9.94. The third kappa shape index (κ3) is 5.18. The van der Waals surface area contributed by atoms with Crippen LogP contribution < -0.4 is 5.32 Å². The van der Waals surface area contributed by atoms with E-state index >= 15 is 0 Å². The Morgan fingerprint density at radius 1 is 0.762 bits per heavy atom. The zero-order chi connectivity index (χ0) is 29.4. The molecule has 0 saturated carbocycles. The van der Waals surface area contributed by atoms with E-state index in [0.29, 0.717) is 27.5 Å². The molecule has 2 N–H and O–H groups in total. The Balaban J connectivity index is 1.42. The van der Waals surface area contributed by atoms with Crippen molar-refractivity contribution in [2.24, 2.45) is 0 Å². The summed E-state index contributed by atoms with van der Waals surface area (Å²) < 4.78 is 14.5. The third-order valence-electron chi connectivity index (χ3n) is 7.34. The van der Waals surface area contributed by atoms with Gasteiger partial charge in [0.15, 0.2) is 5.78 Å². The molecule has 0 radical (unpaired) electrons. The van der Waals surface area contributed by atoms with Crippen LogP contribution in [-0.4, -0.2) is 22.8 Å². The van der Waals surface area contributed by atoms with E-state index < -0.39 is 12.0 Å². The second-order valence-corrected chi connectivity index (χ2v) is 11.0. The summed E-state index contributed by atoms with van der Waals surface area (Å²) in [7, 11) is 0. The number of hydrogen-bond donors (Lipinski definition) is 2. The van der Waals surface area contributed by atoms with E-state index in [-0.39, 0.29) is 23.1 Å². The summed E-state index contributed by atoms with van der Waals surface area (Å²) in [4.78, 5) is 39.0. The second kappa shape index (κ2) is 11.0. The lowest BCUT2D eigenvalue weighted by Gasteiger charge is -2.16. The molecule has 0 aliphatic rings. The van der Waals surface area contributed by atoms with Gasteiger partial charge in [0, 0.05) is 32.2 Å². The fraction of sp³-hybridized carbons (Fsp3) is 0.0571. The van der Waals surface area contributed by atoms with Crippen molar-refractivity contribution in [1.29, 1.82) is 0 Å². The van der Waals surface area contributed by atoms with Gasteiger partial charge in [-0.15, -0.1) is 11.3 Å². The van der Waals surface area contributed by atoms with Gasteiger partial charge in [0.1, 0.15) is 5.82 Å². The molecule has 206 valence electrons. The highest BCUT2D eigenvalue weighted by molar-refractivity contribution is 7.17. The smallest absolute Gasteiger partial charge is 0.335 e. The fourth-order valence-electron chi connectivity index (χ4n) is 5.10. The van der Waals surface area contributed by atoms with Crippen molar-refractivity contribution in [2.75, 3.05) is 0 Å². The summed E-state index contributed by atoms with van der Waals surface area (Å²) in [6, 6.07) is 29.0. The minimum atomic E-state index is -1.02. The minimum Gasteiger partial charge on any atom is -0.478 e. The van der Waals surface area contributed by atoms with Crippen molar-refractivity contribution in [3.63, 3.8) is 0 Å². The van der Waals surface area contributed by atoms with Gasteiger partial charge in [-0.3, -0.25) is 9.59 Å². The molecule has 0 fully saturated rings. The molecule has 1 heterocycles. The number of fused-ring (bicyclic) bond motifs is 2. The summed E-state index contributed by atoms with van der Waals surface area (Å²) in [6.07, 6.45) is 0. The van der Waals surface area contributed by atoms with Gasteiger partial charge in [-0.2, -0.15) is 0 Å². The maximum absolute atomic E-state index is 13.9. The summed E-state index contributed by atoms with van der Waals surface area (Å²) in [5.74, 6) is -1.95. The van der Waals surface area contributed by atoms with Gasteiger partial charge in [-0.05, 0) is 76.9 Å².